The number of rotatable bonds is 7. The molecular weight excluding hydrogens is 573 g/mol. The molecule has 5 nitrogen and oxygen atoms in total. The van der Waals surface area contributed by atoms with Gasteiger partial charge in [-0.15, -0.1) is 0 Å². The highest BCUT2D eigenvalue weighted by Crippen LogP contribution is 2.42. The fraction of sp³-hybridized carbons (Fsp3) is 1.00. The van der Waals surface area contributed by atoms with E-state index in [2.05, 4.69) is 65.4 Å². The van der Waals surface area contributed by atoms with E-state index >= 15 is 0 Å². The van der Waals surface area contributed by atoms with Gasteiger partial charge < -0.3 is 24.3 Å². The minimum Gasteiger partial charge on any atom is -0.411 e. The largest absolute Gasteiger partial charge is 0.411 e. The first kappa shape index (κ1) is 36.1. The van der Waals surface area contributed by atoms with Gasteiger partial charge in [0.05, 0.1) is 20.3 Å². The van der Waals surface area contributed by atoms with Crippen LogP contribution in [0, 0.1) is 0 Å². The zero-order chi connectivity index (χ0) is 30.4. The highest BCUT2D eigenvalue weighted by molar-refractivity contribution is 6.80. The van der Waals surface area contributed by atoms with Crippen LogP contribution in [0.3, 0.4) is 0 Å². The van der Waals surface area contributed by atoms with Crippen LogP contribution in [0.1, 0.15) is 85.0 Å². The Hall–Kier alpha value is 0.668. The van der Waals surface area contributed by atoms with Crippen LogP contribution >= 0.6 is 0 Å². The van der Waals surface area contributed by atoms with Gasteiger partial charge in [0.25, 0.3) is 0 Å². The van der Waals surface area contributed by atoms with Crippen molar-refractivity contribution in [3.63, 3.8) is 0 Å². The molecule has 3 aliphatic rings. The van der Waals surface area contributed by atoms with Gasteiger partial charge in [0, 0.05) is 12.1 Å². The number of hydrogen-bond donors (Lipinski definition) is 2. The van der Waals surface area contributed by atoms with Crippen LogP contribution in [0.2, 0.25) is 81.6 Å². The van der Waals surface area contributed by atoms with Crippen molar-refractivity contribution in [3.05, 3.63) is 0 Å². The highest BCUT2D eigenvalue weighted by atomic mass is 28.4. The molecule has 2 unspecified atom stereocenters. The zero-order valence-corrected chi connectivity index (χ0v) is 32.8. The molecule has 0 spiro atoms. The second-order valence-corrected chi connectivity index (χ2v) is 34.0. The van der Waals surface area contributed by atoms with Crippen LogP contribution in [0.5, 0.6) is 0 Å². The Morgan fingerprint density at radius 3 is 1.68 bits per heavy atom. The predicted octanol–water partition coefficient (Wildman–Crippen LogP) is 8.86. The van der Waals surface area contributed by atoms with Gasteiger partial charge in [-0.3, -0.25) is 0 Å². The summed E-state index contributed by atoms with van der Waals surface area (Å²) in [6.45, 7) is 23.0. The smallest absolute Gasteiger partial charge is 0.187 e. The highest BCUT2D eigenvalue weighted by Gasteiger charge is 2.50. The number of nitrogens with two attached hydrogens (primary N) is 1. The molecule has 0 radical (unpaired) electrons. The van der Waals surface area contributed by atoms with Gasteiger partial charge >= 0.3 is 0 Å². The molecule has 3 fully saturated rings. The van der Waals surface area contributed by atoms with E-state index in [9.17, 15) is 0 Å². The molecule has 2 heterocycles. The van der Waals surface area contributed by atoms with Crippen molar-refractivity contribution in [2.45, 2.75) is 196 Å². The lowest BCUT2D eigenvalue weighted by Gasteiger charge is -2.50. The number of fused-ring (bicyclic) bond motifs is 6. The predicted molar refractivity (Wildman–Crippen MR) is 188 cm³/mol. The van der Waals surface area contributed by atoms with Crippen molar-refractivity contribution < 1.29 is 13.3 Å². The summed E-state index contributed by atoms with van der Waals surface area (Å²) in [4.78, 5) is 0. The van der Waals surface area contributed by atoms with Crippen LogP contribution in [-0.4, -0.2) is 69.5 Å². The Kier molecular flexibility index (Phi) is 13.5. The van der Waals surface area contributed by atoms with E-state index < -0.39 is 33.0 Å². The molecule has 3 N–H and O–H groups in total. The van der Waals surface area contributed by atoms with Gasteiger partial charge in [0.15, 0.2) is 25.0 Å². The number of nitrogens with one attached hydrogen (secondary N) is 1. The molecule has 0 aromatic rings. The van der Waals surface area contributed by atoms with E-state index in [0.29, 0.717) is 12.1 Å². The van der Waals surface area contributed by atoms with Gasteiger partial charge in [0.2, 0.25) is 0 Å². The lowest BCUT2D eigenvalue weighted by molar-refractivity contribution is -0.111. The summed E-state index contributed by atoms with van der Waals surface area (Å²) in [6, 6.07) is 10.7. The molecule has 3 rings (SSSR count). The van der Waals surface area contributed by atoms with E-state index in [1.54, 1.807) is 0 Å². The monoisotopic (exact) mass is 642 g/mol. The molecule has 1 saturated carbocycles. The lowest BCUT2D eigenvalue weighted by atomic mass is 9.89. The minimum absolute atomic E-state index is 0.105. The van der Waals surface area contributed by atoms with E-state index in [1.807, 2.05) is 0 Å². The standard InChI is InChI=1S/C32H70N2O3Si4/c1-10-30-32(3)31(11-2)36-39(6,7)22-16-26-41(25-15-21-38(4,5)35-30,27-17-23-40(8,9)37-32)24-14-20-34-29-19-13-12-18-28(29)33/h28-31,34H,10-27,33H2,1-9H3/t28-,29-,30?,31?,32?,41?/m1/s1. The number of hydrogen-bond acceptors (Lipinski definition) is 5. The van der Waals surface area contributed by atoms with Crippen LogP contribution in [-0.2, 0) is 13.3 Å². The zero-order valence-electron chi connectivity index (χ0n) is 28.8. The topological polar surface area (TPSA) is 65.7 Å². The second-order valence-electron chi connectivity index (χ2n) is 16.3. The van der Waals surface area contributed by atoms with Crippen molar-refractivity contribution in [1.82, 2.24) is 5.32 Å². The molecule has 2 saturated heterocycles. The third-order valence-electron chi connectivity index (χ3n) is 11.0. The van der Waals surface area contributed by atoms with E-state index in [4.69, 9.17) is 19.0 Å². The normalized spacial score (nSPS) is 38.8. The molecule has 242 valence electrons. The fourth-order valence-corrected chi connectivity index (χ4v) is 22.2. The van der Waals surface area contributed by atoms with Gasteiger partial charge in [-0.2, -0.15) is 0 Å². The van der Waals surface area contributed by atoms with Crippen molar-refractivity contribution in [3.8, 4) is 0 Å². The maximum absolute atomic E-state index is 7.47. The van der Waals surface area contributed by atoms with Gasteiger partial charge in [-0.05, 0) is 103 Å². The minimum atomic E-state index is -1.93. The van der Waals surface area contributed by atoms with E-state index in [-0.39, 0.29) is 17.8 Å². The second kappa shape index (κ2) is 15.3. The summed E-state index contributed by atoms with van der Waals surface area (Å²) in [5, 5.41) is 3.91. The fourth-order valence-electron chi connectivity index (χ4n) is 8.67. The molecular formula is C32H70N2O3Si4. The van der Waals surface area contributed by atoms with Crippen molar-refractivity contribution in [2.75, 3.05) is 6.54 Å². The maximum atomic E-state index is 7.47. The van der Waals surface area contributed by atoms with Crippen LogP contribution in [0.15, 0.2) is 0 Å². The van der Waals surface area contributed by atoms with Gasteiger partial charge in [-0.25, -0.2) is 0 Å². The maximum Gasteiger partial charge on any atom is 0.187 e. The molecule has 2 aliphatic heterocycles. The molecule has 0 aromatic carbocycles. The van der Waals surface area contributed by atoms with Gasteiger partial charge in [0.1, 0.15) is 5.60 Å². The molecule has 9 heteroatoms. The summed E-state index contributed by atoms with van der Waals surface area (Å²) in [6.07, 6.45) is 12.7. The molecule has 41 heavy (non-hydrogen) atoms. The first-order valence-corrected chi connectivity index (χ1v) is 29.9. The lowest BCUT2D eigenvalue weighted by Crippen LogP contribution is -2.61. The quantitative estimate of drug-likeness (QED) is 0.215. The van der Waals surface area contributed by atoms with Crippen LogP contribution < -0.4 is 11.1 Å². The summed E-state index contributed by atoms with van der Waals surface area (Å²) in [5.41, 5.74) is 6.11. The third-order valence-corrected chi connectivity index (χ3v) is 24.2. The molecule has 0 aromatic heterocycles. The molecule has 4 atom stereocenters. The Morgan fingerprint density at radius 2 is 1.20 bits per heavy atom. The average molecular weight is 643 g/mol. The third kappa shape index (κ3) is 10.6. The van der Waals surface area contributed by atoms with Gasteiger partial charge in [-0.1, -0.05) is 70.1 Å². The van der Waals surface area contributed by atoms with Crippen molar-refractivity contribution in [1.29, 1.82) is 0 Å². The molecule has 0 amide bonds. The first-order valence-electron chi connectivity index (χ1n) is 17.7. The Bertz CT molecular complexity index is 765. The Balaban J connectivity index is 1.92. The Labute approximate surface area is 259 Å². The average Bonchev–Trinajstić information content (AvgIpc) is 2.88. The van der Waals surface area contributed by atoms with E-state index in [0.717, 1.165) is 19.4 Å². The SMILES string of the molecule is CCC1O[Si](C)(C)CCC[Si]2(CCCN[C@@H]3CCCC[C@H]3N)CCC[Si](C)(C)OC(CC)C1(C)O[Si](C)(C)CCC2. The summed E-state index contributed by atoms with van der Waals surface area (Å²) in [7, 11) is -7.09. The van der Waals surface area contributed by atoms with Crippen LogP contribution in [0.4, 0.5) is 0 Å². The van der Waals surface area contributed by atoms with Crippen molar-refractivity contribution >= 4 is 33.0 Å². The van der Waals surface area contributed by atoms with E-state index in [1.165, 1.54) is 93.7 Å². The first-order chi connectivity index (χ1) is 19.1. The van der Waals surface area contributed by atoms with Crippen LogP contribution in [0.25, 0.3) is 0 Å². The van der Waals surface area contributed by atoms with Crippen molar-refractivity contribution in [2.24, 2.45) is 5.73 Å². The Morgan fingerprint density at radius 1 is 0.707 bits per heavy atom. The molecule has 1 aliphatic carbocycles. The summed E-state index contributed by atoms with van der Waals surface area (Å²) in [5.74, 6) is 0. The summed E-state index contributed by atoms with van der Waals surface area (Å²) >= 11 is 0. The summed E-state index contributed by atoms with van der Waals surface area (Å²) < 4.78 is 22.0. The molecule has 2 bridgehead atoms.